The van der Waals surface area contributed by atoms with Crippen molar-refractivity contribution >= 4 is 11.9 Å². The van der Waals surface area contributed by atoms with Gasteiger partial charge in [-0.15, -0.1) is 0 Å². The summed E-state index contributed by atoms with van der Waals surface area (Å²) in [5.41, 5.74) is -0.969. The van der Waals surface area contributed by atoms with Crippen molar-refractivity contribution in [2.24, 2.45) is 5.41 Å². The molecular weight excluding hydrogens is 246 g/mol. The van der Waals surface area contributed by atoms with Gasteiger partial charge in [-0.2, -0.15) is 0 Å². The Morgan fingerprint density at radius 2 is 1.95 bits per heavy atom. The first kappa shape index (κ1) is 15.3. The third kappa shape index (κ3) is 3.84. The van der Waals surface area contributed by atoms with E-state index in [1.165, 1.54) is 0 Å². The molecule has 19 heavy (non-hydrogen) atoms. The van der Waals surface area contributed by atoms with Crippen molar-refractivity contribution in [1.29, 1.82) is 0 Å². The Balaban J connectivity index is 2.56. The normalized spacial score (nSPS) is 11.3. The van der Waals surface area contributed by atoms with Gasteiger partial charge in [0.2, 0.25) is 5.91 Å². The smallest absolute Gasteiger partial charge is 0.310 e. The van der Waals surface area contributed by atoms with E-state index in [9.17, 15) is 14.7 Å². The van der Waals surface area contributed by atoms with Gasteiger partial charge >= 0.3 is 5.97 Å². The number of carboxylic acids is 1. The quantitative estimate of drug-likeness (QED) is 0.795. The maximum Gasteiger partial charge on any atom is 0.310 e. The predicted octanol–water partition coefficient (Wildman–Crippen LogP) is 2.49. The zero-order valence-corrected chi connectivity index (χ0v) is 11.7. The summed E-state index contributed by atoms with van der Waals surface area (Å²) in [6.07, 6.45) is 0.868. The molecule has 0 atom stereocenters. The molecule has 0 radical (unpaired) electrons. The number of carbonyl (C=O) groups excluding carboxylic acids is 1. The first-order chi connectivity index (χ1) is 8.93. The molecule has 1 heterocycles. The van der Waals surface area contributed by atoms with E-state index < -0.39 is 11.4 Å². The lowest BCUT2D eigenvalue weighted by atomic mass is 9.79. The zero-order chi connectivity index (χ0) is 14.5. The van der Waals surface area contributed by atoms with Crippen LogP contribution in [0.2, 0.25) is 0 Å². The average molecular weight is 267 g/mol. The molecule has 0 aliphatic carbocycles. The van der Waals surface area contributed by atoms with E-state index >= 15 is 0 Å². The average Bonchev–Trinajstić information content (AvgIpc) is 2.79. The van der Waals surface area contributed by atoms with Crippen molar-refractivity contribution in [3.05, 3.63) is 23.7 Å². The molecule has 5 nitrogen and oxygen atoms in total. The minimum Gasteiger partial charge on any atom is -0.481 e. The van der Waals surface area contributed by atoms with Crippen molar-refractivity contribution in [3.8, 4) is 0 Å². The van der Waals surface area contributed by atoms with Crippen LogP contribution in [-0.4, -0.2) is 17.0 Å². The van der Waals surface area contributed by atoms with Gasteiger partial charge in [0.1, 0.15) is 11.5 Å². The Kier molecular flexibility index (Phi) is 5.15. The number of hydrogen-bond donors (Lipinski definition) is 2. The second-order valence-corrected chi connectivity index (χ2v) is 4.76. The molecule has 0 spiro atoms. The number of carboxylic acid groups (broad SMARTS) is 1. The summed E-state index contributed by atoms with van der Waals surface area (Å²) in [4.78, 5) is 23.1. The van der Waals surface area contributed by atoms with Crippen LogP contribution < -0.4 is 5.32 Å². The van der Waals surface area contributed by atoms with Crippen LogP contribution in [0.15, 0.2) is 16.5 Å². The van der Waals surface area contributed by atoms with Gasteiger partial charge in [-0.25, -0.2) is 0 Å². The third-order valence-electron chi connectivity index (χ3n) is 3.56. The van der Waals surface area contributed by atoms with Crippen LogP contribution in [0.5, 0.6) is 0 Å². The van der Waals surface area contributed by atoms with E-state index in [4.69, 9.17) is 4.42 Å². The summed E-state index contributed by atoms with van der Waals surface area (Å²) >= 11 is 0. The van der Waals surface area contributed by atoms with Gasteiger partial charge in [0.15, 0.2) is 0 Å². The predicted molar refractivity (Wildman–Crippen MR) is 70.6 cm³/mol. The lowest BCUT2D eigenvalue weighted by Gasteiger charge is -2.25. The van der Waals surface area contributed by atoms with Gasteiger partial charge in [0, 0.05) is 6.42 Å². The molecular formula is C14H21NO4. The van der Waals surface area contributed by atoms with Gasteiger partial charge in [0.25, 0.3) is 0 Å². The van der Waals surface area contributed by atoms with Crippen molar-refractivity contribution in [2.75, 3.05) is 0 Å². The van der Waals surface area contributed by atoms with E-state index in [2.05, 4.69) is 5.32 Å². The highest BCUT2D eigenvalue weighted by Crippen LogP contribution is 2.30. The van der Waals surface area contributed by atoms with Crippen LogP contribution in [0, 0.1) is 12.3 Å². The number of furan rings is 1. The maximum atomic E-state index is 11.8. The number of aryl methyl sites for hydroxylation is 1. The van der Waals surface area contributed by atoms with E-state index in [1.807, 2.05) is 13.0 Å². The summed E-state index contributed by atoms with van der Waals surface area (Å²) in [5.74, 6) is 0.271. The number of nitrogens with one attached hydrogen (secondary N) is 1. The van der Waals surface area contributed by atoms with Crippen LogP contribution in [0.3, 0.4) is 0 Å². The van der Waals surface area contributed by atoms with E-state index in [0.29, 0.717) is 18.6 Å². The fraction of sp³-hybridized carbons (Fsp3) is 0.571. The highest BCUT2D eigenvalue weighted by atomic mass is 16.4. The Morgan fingerprint density at radius 3 is 2.37 bits per heavy atom. The lowest BCUT2D eigenvalue weighted by molar-refractivity contribution is -0.152. The van der Waals surface area contributed by atoms with Crippen LogP contribution in [0.4, 0.5) is 0 Å². The van der Waals surface area contributed by atoms with E-state index in [0.717, 1.165) is 5.76 Å². The minimum absolute atomic E-state index is 0.00494. The molecule has 1 rings (SSSR count). The van der Waals surface area contributed by atoms with Crippen LogP contribution in [-0.2, 0) is 16.1 Å². The Labute approximate surface area is 113 Å². The summed E-state index contributed by atoms with van der Waals surface area (Å²) < 4.78 is 5.33. The molecule has 0 aliphatic rings. The molecule has 0 bridgehead atoms. The van der Waals surface area contributed by atoms with E-state index in [1.54, 1.807) is 19.9 Å². The Morgan fingerprint density at radius 1 is 1.32 bits per heavy atom. The Hall–Kier alpha value is -1.78. The van der Waals surface area contributed by atoms with E-state index in [-0.39, 0.29) is 18.9 Å². The second kappa shape index (κ2) is 6.41. The van der Waals surface area contributed by atoms with Crippen LogP contribution >= 0.6 is 0 Å². The summed E-state index contributed by atoms with van der Waals surface area (Å²) in [6, 6.07) is 3.61. The van der Waals surface area contributed by atoms with Crippen molar-refractivity contribution in [2.45, 2.75) is 46.6 Å². The SMILES string of the molecule is CCC(CC)(CC(=O)NCc1ccc(C)o1)C(=O)O. The number of amides is 1. The molecule has 1 amide bonds. The largest absolute Gasteiger partial charge is 0.481 e. The number of aliphatic carboxylic acids is 1. The maximum absolute atomic E-state index is 11.8. The third-order valence-corrected chi connectivity index (χ3v) is 3.56. The van der Waals surface area contributed by atoms with Crippen molar-refractivity contribution in [1.82, 2.24) is 5.32 Å². The van der Waals surface area contributed by atoms with Crippen LogP contribution in [0.25, 0.3) is 0 Å². The summed E-state index contributed by atoms with van der Waals surface area (Å²) in [6.45, 7) is 5.70. The highest BCUT2D eigenvalue weighted by Gasteiger charge is 2.37. The molecule has 0 saturated heterocycles. The fourth-order valence-electron chi connectivity index (χ4n) is 2.01. The monoisotopic (exact) mass is 267 g/mol. The van der Waals surface area contributed by atoms with Crippen LogP contribution in [0.1, 0.15) is 44.6 Å². The van der Waals surface area contributed by atoms with Gasteiger partial charge < -0.3 is 14.8 Å². The fourth-order valence-corrected chi connectivity index (χ4v) is 2.01. The van der Waals surface area contributed by atoms with Crippen molar-refractivity contribution in [3.63, 3.8) is 0 Å². The van der Waals surface area contributed by atoms with Gasteiger partial charge in [-0.05, 0) is 31.9 Å². The molecule has 0 aromatic carbocycles. The first-order valence-electron chi connectivity index (χ1n) is 6.49. The number of rotatable bonds is 7. The second-order valence-electron chi connectivity index (χ2n) is 4.76. The number of hydrogen-bond acceptors (Lipinski definition) is 3. The summed E-state index contributed by atoms with van der Waals surface area (Å²) in [5, 5.41) is 12.0. The minimum atomic E-state index is -0.969. The first-order valence-corrected chi connectivity index (χ1v) is 6.49. The van der Waals surface area contributed by atoms with Gasteiger partial charge in [-0.1, -0.05) is 13.8 Å². The van der Waals surface area contributed by atoms with Gasteiger partial charge in [-0.3, -0.25) is 9.59 Å². The lowest BCUT2D eigenvalue weighted by Crippen LogP contribution is -2.36. The molecule has 106 valence electrons. The molecule has 1 aromatic rings. The van der Waals surface area contributed by atoms with Crippen molar-refractivity contribution < 1.29 is 19.1 Å². The standard InChI is InChI=1S/C14H21NO4/c1-4-14(5-2,13(17)18)8-12(16)15-9-11-7-6-10(3)19-11/h6-7H,4-5,8-9H2,1-3H3,(H,15,16)(H,17,18). The molecule has 1 aromatic heterocycles. The molecule has 0 unspecified atom stereocenters. The van der Waals surface area contributed by atoms with Gasteiger partial charge in [0.05, 0.1) is 12.0 Å². The highest BCUT2D eigenvalue weighted by molar-refractivity contribution is 5.84. The molecule has 2 N–H and O–H groups in total. The zero-order valence-electron chi connectivity index (χ0n) is 11.7. The summed E-state index contributed by atoms with van der Waals surface area (Å²) in [7, 11) is 0. The molecule has 0 aliphatic heterocycles. The Bertz CT molecular complexity index is 446. The molecule has 0 fully saturated rings. The molecule has 5 heteroatoms. The molecule has 0 saturated carbocycles. The topological polar surface area (TPSA) is 79.5 Å². The number of carbonyl (C=O) groups is 2.